The zero-order valence-electron chi connectivity index (χ0n) is 10.8. The van der Waals surface area contributed by atoms with Gasteiger partial charge in [-0.1, -0.05) is 0 Å². The van der Waals surface area contributed by atoms with Crippen LogP contribution in [-0.2, 0) is 4.79 Å². The molecule has 2 heterocycles. The summed E-state index contributed by atoms with van der Waals surface area (Å²) in [6.45, 7) is 1.31. The number of pyridine rings is 1. The van der Waals surface area contributed by atoms with E-state index < -0.39 is 5.69 Å². The number of aromatic nitrogens is 4. The highest BCUT2D eigenvalue weighted by atomic mass is 16.5. The normalized spacial score (nSPS) is 9.90. The van der Waals surface area contributed by atoms with Gasteiger partial charge in [0.15, 0.2) is 11.6 Å². The van der Waals surface area contributed by atoms with Gasteiger partial charge in [-0.3, -0.25) is 15.6 Å². The molecule has 0 unspecified atom stereocenters. The average Bonchev–Trinajstić information content (AvgIpc) is 2.45. The van der Waals surface area contributed by atoms with E-state index in [0.717, 1.165) is 4.57 Å². The fraction of sp³-hybridized carbons (Fsp3) is 0.182. The molecule has 2 N–H and O–H groups in total. The molecule has 0 saturated heterocycles. The predicted molar refractivity (Wildman–Crippen MR) is 69.4 cm³/mol. The Kier molecular flexibility index (Phi) is 3.89. The van der Waals surface area contributed by atoms with Crippen molar-refractivity contribution in [3.05, 3.63) is 35.1 Å². The molecule has 0 aromatic carbocycles. The molecular formula is C11H12N6O3. The molecule has 104 valence electrons. The Labute approximate surface area is 113 Å². The van der Waals surface area contributed by atoms with E-state index >= 15 is 0 Å². The van der Waals surface area contributed by atoms with Crippen LogP contribution in [0, 0.1) is 0 Å². The van der Waals surface area contributed by atoms with Crippen LogP contribution < -0.4 is 21.3 Å². The topological polar surface area (TPSA) is 111 Å². The number of anilines is 1. The van der Waals surface area contributed by atoms with Crippen LogP contribution in [0.5, 0.6) is 5.75 Å². The summed E-state index contributed by atoms with van der Waals surface area (Å²) in [6, 6.07) is 3.35. The number of ether oxygens (including phenoxy) is 1. The first-order chi connectivity index (χ1) is 9.61. The van der Waals surface area contributed by atoms with Gasteiger partial charge in [0.25, 0.3) is 0 Å². The molecule has 0 bridgehead atoms. The van der Waals surface area contributed by atoms with E-state index in [1.54, 1.807) is 12.1 Å². The molecule has 2 aromatic rings. The van der Waals surface area contributed by atoms with Crippen molar-refractivity contribution in [3.63, 3.8) is 0 Å². The molecule has 2 aromatic heterocycles. The second kappa shape index (κ2) is 5.78. The number of hydrazine groups is 1. The first-order valence-electron chi connectivity index (χ1n) is 5.59. The van der Waals surface area contributed by atoms with Crippen molar-refractivity contribution in [2.75, 3.05) is 12.5 Å². The van der Waals surface area contributed by atoms with Gasteiger partial charge >= 0.3 is 5.69 Å². The van der Waals surface area contributed by atoms with Gasteiger partial charge < -0.3 is 4.74 Å². The largest absolute Gasteiger partial charge is 0.493 e. The van der Waals surface area contributed by atoms with Crippen LogP contribution in [0.3, 0.4) is 0 Å². The van der Waals surface area contributed by atoms with Gasteiger partial charge in [-0.2, -0.15) is 4.98 Å². The standard InChI is InChI=1S/C11H12N6O3/c1-7(18)15-16-10-13-6-17(11(19)14-10)9-8(20-2)4-3-5-12-9/h3-6H,1-2H3,(H,15,18)(H,14,16,19). The highest BCUT2D eigenvalue weighted by Gasteiger charge is 2.10. The Morgan fingerprint density at radius 2 is 2.20 bits per heavy atom. The number of methoxy groups -OCH3 is 1. The van der Waals surface area contributed by atoms with Crippen LogP contribution in [0.15, 0.2) is 29.5 Å². The van der Waals surface area contributed by atoms with Crippen molar-refractivity contribution in [2.45, 2.75) is 6.92 Å². The van der Waals surface area contributed by atoms with E-state index in [0.29, 0.717) is 5.75 Å². The van der Waals surface area contributed by atoms with Gasteiger partial charge in [0, 0.05) is 13.1 Å². The summed E-state index contributed by atoms with van der Waals surface area (Å²) in [4.78, 5) is 34.3. The first kappa shape index (κ1) is 13.5. The van der Waals surface area contributed by atoms with Gasteiger partial charge in [0.1, 0.15) is 6.33 Å². The zero-order valence-corrected chi connectivity index (χ0v) is 10.8. The van der Waals surface area contributed by atoms with Crippen molar-refractivity contribution < 1.29 is 9.53 Å². The molecule has 0 radical (unpaired) electrons. The van der Waals surface area contributed by atoms with Crippen LogP contribution >= 0.6 is 0 Å². The van der Waals surface area contributed by atoms with E-state index in [-0.39, 0.29) is 17.7 Å². The van der Waals surface area contributed by atoms with Crippen molar-refractivity contribution in [3.8, 4) is 11.6 Å². The fourth-order valence-electron chi connectivity index (χ4n) is 1.41. The lowest BCUT2D eigenvalue weighted by Gasteiger charge is -2.09. The third-order valence-corrected chi connectivity index (χ3v) is 2.25. The van der Waals surface area contributed by atoms with E-state index in [1.165, 1.54) is 26.6 Å². The maximum absolute atomic E-state index is 11.9. The Morgan fingerprint density at radius 1 is 1.40 bits per heavy atom. The number of rotatable bonds is 4. The lowest BCUT2D eigenvalue weighted by atomic mass is 10.4. The number of carbonyl (C=O) groups is 1. The number of nitrogens with zero attached hydrogens (tertiary/aromatic N) is 4. The number of carbonyl (C=O) groups excluding carboxylic acids is 1. The smallest absolute Gasteiger partial charge is 0.358 e. The van der Waals surface area contributed by atoms with Crippen molar-refractivity contribution in [2.24, 2.45) is 0 Å². The highest BCUT2D eigenvalue weighted by molar-refractivity contribution is 5.73. The van der Waals surface area contributed by atoms with Crippen molar-refractivity contribution in [1.29, 1.82) is 0 Å². The monoisotopic (exact) mass is 276 g/mol. The summed E-state index contributed by atoms with van der Waals surface area (Å²) in [5, 5.41) is 0. The molecule has 0 fully saturated rings. The van der Waals surface area contributed by atoms with Crippen LogP contribution in [0.4, 0.5) is 5.95 Å². The third kappa shape index (κ3) is 2.88. The molecule has 20 heavy (non-hydrogen) atoms. The molecule has 9 heteroatoms. The maximum Gasteiger partial charge on any atom is 0.358 e. The summed E-state index contributed by atoms with van der Waals surface area (Å²) in [6.07, 6.45) is 2.76. The van der Waals surface area contributed by atoms with E-state index in [9.17, 15) is 9.59 Å². The minimum Gasteiger partial charge on any atom is -0.493 e. The van der Waals surface area contributed by atoms with Gasteiger partial charge in [0.2, 0.25) is 11.9 Å². The van der Waals surface area contributed by atoms with Crippen molar-refractivity contribution >= 4 is 11.9 Å². The third-order valence-electron chi connectivity index (χ3n) is 2.25. The minimum atomic E-state index is -0.607. The van der Waals surface area contributed by atoms with Crippen molar-refractivity contribution in [1.82, 2.24) is 24.9 Å². The lowest BCUT2D eigenvalue weighted by molar-refractivity contribution is -0.118. The first-order valence-corrected chi connectivity index (χ1v) is 5.59. The molecule has 1 amide bonds. The summed E-state index contributed by atoms with van der Waals surface area (Å²) in [5.74, 6) is 0.354. The second-order valence-corrected chi connectivity index (χ2v) is 3.67. The lowest BCUT2D eigenvalue weighted by Crippen LogP contribution is -2.31. The summed E-state index contributed by atoms with van der Waals surface area (Å²) >= 11 is 0. The Bertz CT molecular complexity index is 684. The molecule has 0 spiro atoms. The summed E-state index contributed by atoms with van der Waals surface area (Å²) < 4.78 is 6.25. The van der Waals surface area contributed by atoms with E-state index in [2.05, 4.69) is 25.8 Å². The summed E-state index contributed by atoms with van der Waals surface area (Å²) in [5.41, 5.74) is 4.07. The van der Waals surface area contributed by atoms with Crippen LogP contribution in [-0.4, -0.2) is 32.5 Å². The number of amides is 1. The second-order valence-electron chi connectivity index (χ2n) is 3.67. The molecule has 0 atom stereocenters. The fourth-order valence-corrected chi connectivity index (χ4v) is 1.41. The quantitative estimate of drug-likeness (QED) is 0.724. The van der Waals surface area contributed by atoms with Crippen LogP contribution in [0.1, 0.15) is 6.92 Å². The van der Waals surface area contributed by atoms with E-state index in [1.807, 2.05) is 0 Å². The number of hydrogen-bond donors (Lipinski definition) is 2. The zero-order chi connectivity index (χ0) is 14.5. The molecule has 0 aliphatic carbocycles. The molecule has 2 rings (SSSR count). The SMILES string of the molecule is COc1cccnc1-n1cnc(NNC(C)=O)nc1=O. The maximum atomic E-state index is 11.9. The average molecular weight is 276 g/mol. The van der Waals surface area contributed by atoms with Gasteiger partial charge in [-0.15, -0.1) is 0 Å². The molecular weight excluding hydrogens is 264 g/mol. The predicted octanol–water partition coefficient (Wildman–Crippen LogP) is -0.506. The Balaban J connectivity index is 2.34. The number of hydrogen-bond acceptors (Lipinski definition) is 7. The summed E-state index contributed by atoms with van der Waals surface area (Å²) in [7, 11) is 1.47. The van der Waals surface area contributed by atoms with Gasteiger partial charge in [0.05, 0.1) is 7.11 Å². The highest BCUT2D eigenvalue weighted by Crippen LogP contribution is 2.16. The molecule has 0 aliphatic rings. The Hall–Kier alpha value is -2.97. The number of nitrogens with one attached hydrogen (secondary N) is 2. The Morgan fingerprint density at radius 3 is 2.85 bits per heavy atom. The van der Waals surface area contributed by atoms with Gasteiger partial charge in [-0.05, 0) is 12.1 Å². The van der Waals surface area contributed by atoms with Crippen LogP contribution in [0.2, 0.25) is 0 Å². The van der Waals surface area contributed by atoms with Crippen LogP contribution in [0.25, 0.3) is 5.82 Å². The van der Waals surface area contributed by atoms with Gasteiger partial charge in [-0.25, -0.2) is 19.3 Å². The molecule has 0 aliphatic heterocycles. The van der Waals surface area contributed by atoms with E-state index in [4.69, 9.17) is 4.74 Å². The molecule has 9 nitrogen and oxygen atoms in total. The molecule has 0 saturated carbocycles. The minimum absolute atomic E-state index is 0.0173.